The summed E-state index contributed by atoms with van der Waals surface area (Å²) in [6, 6.07) is 0. The molecular weight excluding hydrogens is 226 g/mol. The Kier molecular flexibility index (Phi) is 4.00. The highest BCUT2D eigenvalue weighted by Crippen LogP contribution is 2.37. The Morgan fingerprint density at radius 1 is 1.33 bits per heavy atom. The average Bonchev–Trinajstić information content (AvgIpc) is 2.25. The minimum absolute atomic E-state index is 0.0854. The fourth-order valence-corrected chi connectivity index (χ4v) is 3.27. The van der Waals surface area contributed by atoms with Crippen LogP contribution in [0.1, 0.15) is 59.3 Å². The molecule has 2 rings (SSSR count). The molecule has 3 unspecified atom stereocenters. The van der Waals surface area contributed by atoms with Crippen molar-refractivity contribution in [1.82, 2.24) is 0 Å². The second-order valence-electron chi connectivity index (χ2n) is 6.78. The molecule has 0 radical (unpaired) electrons. The number of hydrogen-bond acceptors (Lipinski definition) is 3. The summed E-state index contributed by atoms with van der Waals surface area (Å²) in [5, 5.41) is 0. The van der Waals surface area contributed by atoms with Gasteiger partial charge in [0.2, 0.25) is 0 Å². The molecule has 18 heavy (non-hydrogen) atoms. The van der Waals surface area contributed by atoms with Crippen LogP contribution >= 0.6 is 0 Å². The van der Waals surface area contributed by atoms with Crippen molar-refractivity contribution in [2.24, 2.45) is 23.5 Å². The van der Waals surface area contributed by atoms with Crippen molar-refractivity contribution in [2.45, 2.75) is 70.9 Å². The Balaban J connectivity index is 1.98. The van der Waals surface area contributed by atoms with E-state index < -0.39 is 5.54 Å². The van der Waals surface area contributed by atoms with E-state index in [0.717, 1.165) is 25.7 Å². The third kappa shape index (κ3) is 2.71. The van der Waals surface area contributed by atoms with Crippen LogP contribution in [0.25, 0.3) is 0 Å². The smallest absolute Gasteiger partial charge is 0.326 e. The maximum atomic E-state index is 12.1. The first-order chi connectivity index (χ1) is 8.42. The predicted molar refractivity (Wildman–Crippen MR) is 72.0 cm³/mol. The Hall–Kier alpha value is -0.570. The maximum Gasteiger partial charge on any atom is 0.326 e. The van der Waals surface area contributed by atoms with Gasteiger partial charge in [0.05, 0.1) is 0 Å². The number of esters is 1. The van der Waals surface area contributed by atoms with Crippen LogP contribution in [-0.2, 0) is 9.53 Å². The zero-order valence-electron chi connectivity index (χ0n) is 11.9. The fraction of sp³-hybridized carbons (Fsp3) is 0.933. The van der Waals surface area contributed by atoms with Crippen molar-refractivity contribution in [1.29, 1.82) is 0 Å². The molecule has 0 bridgehead atoms. The van der Waals surface area contributed by atoms with E-state index in [9.17, 15) is 4.79 Å². The van der Waals surface area contributed by atoms with E-state index in [4.69, 9.17) is 10.5 Å². The number of carbonyl (C=O) groups excluding carboxylic acids is 1. The molecule has 2 saturated carbocycles. The van der Waals surface area contributed by atoms with Gasteiger partial charge in [-0.25, -0.2) is 0 Å². The minimum atomic E-state index is -0.664. The molecule has 104 valence electrons. The van der Waals surface area contributed by atoms with Gasteiger partial charge in [0.15, 0.2) is 0 Å². The maximum absolute atomic E-state index is 12.1. The van der Waals surface area contributed by atoms with E-state index in [-0.39, 0.29) is 12.1 Å². The summed E-state index contributed by atoms with van der Waals surface area (Å²) in [5.41, 5.74) is 5.38. The lowest BCUT2D eigenvalue weighted by atomic mass is 9.74. The average molecular weight is 253 g/mol. The Labute approximate surface area is 110 Å². The van der Waals surface area contributed by atoms with Crippen LogP contribution < -0.4 is 5.73 Å². The van der Waals surface area contributed by atoms with Gasteiger partial charge in [-0.2, -0.15) is 0 Å². The van der Waals surface area contributed by atoms with Gasteiger partial charge in [0, 0.05) is 0 Å². The first-order valence-electron chi connectivity index (χ1n) is 7.42. The summed E-state index contributed by atoms with van der Waals surface area (Å²) in [6.07, 6.45) is 6.16. The SMILES string of the molecule is CC1CCC(C(C)C)C(OC(=O)C2(N)CCC2)C1. The van der Waals surface area contributed by atoms with Gasteiger partial charge < -0.3 is 10.5 Å². The van der Waals surface area contributed by atoms with Crippen LogP contribution in [0.3, 0.4) is 0 Å². The molecule has 2 aliphatic carbocycles. The quantitative estimate of drug-likeness (QED) is 0.787. The van der Waals surface area contributed by atoms with Crippen molar-refractivity contribution in [3.63, 3.8) is 0 Å². The number of ether oxygens (including phenoxy) is 1. The molecule has 0 aromatic heterocycles. The number of carbonyl (C=O) groups is 1. The summed E-state index contributed by atoms with van der Waals surface area (Å²) in [4.78, 5) is 12.1. The van der Waals surface area contributed by atoms with E-state index in [1.54, 1.807) is 0 Å². The van der Waals surface area contributed by atoms with Crippen LogP contribution in [0, 0.1) is 17.8 Å². The first-order valence-corrected chi connectivity index (χ1v) is 7.42. The van der Waals surface area contributed by atoms with E-state index in [0.29, 0.717) is 17.8 Å². The molecule has 0 heterocycles. The van der Waals surface area contributed by atoms with E-state index in [1.165, 1.54) is 12.8 Å². The summed E-state index contributed by atoms with van der Waals surface area (Å²) in [6.45, 7) is 6.70. The second kappa shape index (κ2) is 5.20. The topological polar surface area (TPSA) is 52.3 Å². The van der Waals surface area contributed by atoms with Crippen LogP contribution in [0.5, 0.6) is 0 Å². The molecule has 0 amide bonds. The molecule has 3 nitrogen and oxygen atoms in total. The van der Waals surface area contributed by atoms with Gasteiger partial charge in [-0.3, -0.25) is 4.79 Å². The van der Waals surface area contributed by atoms with Gasteiger partial charge in [0.25, 0.3) is 0 Å². The highest BCUT2D eigenvalue weighted by Gasteiger charge is 2.44. The van der Waals surface area contributed by atoms with E-state index in [1.807, 2.05) is 0 Å². The second-order valence-corrected chi connectivity index (χ2v) is 6.78. The van der Waals surface area contributed by atoms with E-state index in [2.05, 4.69) is 20.8 Å². The van der Waals surface area contributed by atoms with Gasteiger partial charge in [0.1, 0.15) is 11.6 Å². The van der Waals surface area contributed by atoms with Crippen molar-refractivity contribution in [2.75, 3.05) is 0 Å². The largest absolute Gasteiger partial charge is 0.461 e. The third-order valence-electron chi connectivity index (χ3n) is 4.87. The standard InChI is InChI=1S/C15H27NO2/c1-10(2)12-6-5-11(3)9-13(12)18-14(17)15(16)7-4-8-15/h10-13H,4-9,16H2,1-3H3. The molecule has 0 saturated heterocycles. The van der Waals surface area contributed by atoms with Gasteiger partial charge in [-0.15, -0.1) is 0 Å². The number of hydrogen-bond donors (Lipinski definition) is 1. The Morgan fingerprint density at radius 3 is 2.50 bits per heavy atom. The van der Waals surface area contributed by atoms with Gasteiger partial charge in [-0.1, -0.05) is 27.2 Å². The molecule has 2 fully saturated rings. The Morgan fingerprint density at radius 2 is 2.00 bits per heavy atom. The van der Waals surface area contributed by atoms with Crippen molar-refractivity contribution in [3.05, 3.63) is 0 Å². The van der Waals surface area contributed by atoms with Gasteiger partial charge >= 0.3 is 5.97 Å². The fourth-order valence-electron chi connectivity index (χ4n) is 3.27. The minimum Gasteiger partial charge on any atom is -0.461 e. The molecule has 2 aliphatic rings. The molecule has 3 atom stereocenters. The third-order valence-corrected chi connectivity index (χ3v) is 4.87. The van der Waals surface area contributed by atoms with Crippen molar-refractivity contribution >= 4 is 5.97 Å². The van der Waals surface area contributed by atoms with Gasteiger partial charge in [-0.05, 0) is 49.9 Å². The molecule has 0 aliphatic heterocycles. The number of rotatable bonds is 3. The zero-order valence-corrected chi connectivity index (χ0v) is 11.9. The molecule has 0 spiro atoms. The van der Waals surface area contributed by atoms with Crippen LogP contribution in [-0.4, -0.2) is 17.6 Å². The molecule has 0 aromatic rings. The first kappa shape index (κ1) is 13.9. The van der Waals surface area contributed by atoms with E-state index >= 15 is 0 Å². The zero-order chi connectivity index (χ0) is 13.3. The molecule has 0 aromatic carbocycles. The molecule has 2 N–H and O–H groups in total. The van der Waals surface area contributed by atoms with Crippen LogP contribution in [0.2, 0.25) is 0 Å². The summed E-state index contributed by atoms with van der Waals surface area (Å²) in [7, 11) is 0. The lowest BCUT2D eigenvalue weighted by molar-refractivity contribution is -0.166. The van der Waals surface area contributed by atoms with Crippen molar-refractivity contribution < 1.29 is 9.53 Å². The lowest BCUT2D eigenvalue weighted by Crippen LogP contribution is -2.56. The lowest BCUT2D eigenvalue weighted by Gasteiger charge is -2.41. The van der Waals surface area contributed by atoms with Crippen LogP contribution in [0.4, 0.5) is 0 Å². The Bertz CT molecular complexity index is 310. The monoisotopic (exact) mass is 253 g/mol. The van der Waals surface area contributed by atoms with Crippen LogP contribution in [0.15, 0.2) is 0 Å². The highest BCUT2D eigenvalue weighted by molar-refractivity contribution is 5.81. The normalized spacial score (nSPS) is 35.1. The van der Waals surface area contributed by atoms with Crippen molar-refractivity contribution in [3.8, 4) is 0 Å². The molecule has 3 heteroatoms. The summed E-state index contributed by atoms with van der Waals surface area (Å²) >= 11 is 0. The predicted octanol–water partition coefficient (Wildman–Crippen LogP) is 2.87. The summed E-state index contributed by atoms with van der Waals surface area (Å²) in [5.74, 6) is 1.59. The highest BCUT2D eigenvalue weighted by atomic mass is 16.5. The summed E-state index contributed by atoms with van der Waals surface area (Å²) < 4.78 is 5.78. The number of nitrogens with two attached hydrogens (primary N) is 1. The molecular formula is C15H27NO2.